The van der Waals surface area contributed by atoms with Crippen LogP contribution < -0.4 is 39.9 Å². The molecular weight excluding hydrogens is 576 g/mol. The molecule has 6 nitrogen and oxygen atoms in total. The minimum absolute atomic E-state index is 0.138. The molecule has 0 aromatic heterocycles. The summed E-state index contributed by atoms with van der Waals surface area (Å²) in [6.07, 6.45) is 0. The number of carbonyl (C=O) groups is 1. The summed E-state index contributed by atoms with van der Waals surface area (Å²) in [5.74, 6) is 0.571. The zero-order valence-corrected chi connectivity index (χ0v) is 24.1. The van der Waals surface area contributed by atoms with E-state index in [-0.39, 0.29) is 5.91 Å². The maximum Gasteiger partial charge on any atom is 0.223 e. The van der Waals surface area contributed by atoms with Crippen molar-refractivity contribution in [2.24, 2.45) is 0 Å². The van der Waals surface area contributed by atoms with Gasteiger partial charge in [0.15, 0.2) is 7.26 Å². The van der Waals surface area contributed by atoms with Crippen LogP contribution >= 0.6 is 30.6 Å². The minimum atomic E-state index is -4.94. The Morgan fingerprint density at radius 1 is 0.718 bits per heavy atom. The fourth-order valence-electron chi connectivity index (χ4n) is 4.01. The van der Waals surface area contributed by atoms with E-state index in [0.717, 1.165) is 21.4 Å². The number of halogens is 2. The average molecular weight is 602 g/mol. The molecular formula is C29H26Cl2NO5PS. The van der Waals surface area contributed by atoms with Gasteiger partial charge in [-0.25, -0.2) is 18.6 Å². The zero-order valence-electron chi connectivity index (χ0n) is 20.9. The van der Waals surface area contributed by atoms with Gasteiger partial charge in [-0.05, 0) is 42.0 Å². The van der Waals surface area contributed by atoms with Gasteiger partial charge in [-0.2, -0.15) is 0 Å². The average Bonchev–Trinajstić information content (AvgIpc) is 2.93. The standard InChI is InChI=1S/C29H25ClNOPS.ClHO4/c1-23(32)31-29(28(30)34-22-24-14-6-2-7-15-24)33(25-16-8-3-9-17-25,26-18-10-4-11-19-26)27-20-12-5-13-21-27;2-1(3,4)5/h2-21H,22H2,1H3;(H,2,3,4,5)/b29-28-;. The Labute approximate surface area is 240 Å². The third-order valence-corrected chi connectivity index (χ3v) is 11.4. The molecule has 39 heavy (non-hydrogen) atoms. The Hall–Kier alpha value is -2.71. The molecule has 0 bridgehead atoms. The van der Waals surface area contributed by atoms with Crippen LogP contribution in [0.2, 0.25) is 0 Å². The molecule has 4 aromatic rings. The Bertz CT molecular complexity index is 1250. The number of amides is 1. The molecule has 0 spiro atoms. The summed E-state index contributed by atoms with van der Waals surface area (Å²) in [5, 5.41) is 6.59. The fraction of sp³-hybridized carbons (Fsp3) is 0.0690. The van der Waals surface area contributed by atoms with Gasteiger partial charge in [0, 0.05) is 12.7 Å². The lowest BCUT2D eigenvalue weighted by atomic mass is 10.2. The second kappa shape index (κ2) is 14.6. The Balaban J connectivity index is 0.000000771. The predicted molar refractivity (Wildman–Crippen MR) is 150 cm³/mol. The lowest BCUT2D eigenvalue weighted by molar-refractivity contribution is -2.00. The largest absolute Gasteiger partial charge is 0.295 e. The number of benzene rings is 4. The third kappa shape index (κ3) is 8.90. The first kappa shape index (κ1) is 30.8. The molecule has 202 valence electrons. The molecule has 0 heterocycles. The highest BCUT2D eigenvalue weighted by Gasteiger charge is 2.52. The summed E-state index contributed by atoms with van der Waals surface area (Å²) < 4.78 is 34.6. The van der Waals surface area contributed by atoms with Crippen LogP contribution in [0.4, 0.5) is 0 Å². The highest BCUT2D eigenvalue weighted by Crippen LogP contribution is 2.63. The lowest BCUT2D eigenvalue weighted by Gasteiger charge is -2.30. The maximum atomic E-state index is 12.6. The number of carbonyl (C=O) groups excluding carboxylic acids is 1. The van der Waals surface area contributed by atoms with E-state index >= 15 is 0 Å². The predicted octanol–water partition coefficient (Wildman–Crippen LogP) is 1.66. The van der Waals surface area contributed by atoms with Gasteiger partial charge in [-0.3, -0.25) is 10.1 Å². The van der Waals surface area contributed by atoms with Crippen molar-refractivity contribution in [3.8, 4) is 0 Å². The molecule has 4 rings (SSSR count). The second-order valence-electron chi connectivity index (χ2n) is 8.13. The van der Waals surface area contributed by atoms with Gasteiger partial charge >= 0.3 is 0 Å². The zero-order chi connectivity index (χ0) is 28.3. The van der Waals surface area contributed by atoms with Crippen LogP contribution in [0.25, 0.3) is 0 Å². The topological polar surface area (TPSA) is 121 Å². The Kier molecular flexibility index (Phi) is 11.5. The number of rotatable bonds is 8. The van der Waals surface area contributed by atoms with Crippen molar-refractivity contribution in [2.45, 2.75) is 12.7 Å². The number of nitrogens with one attached hydrogen (secondary N) is 1. The second-order valence-corrected chi connectivity index (χ2v) is 13.8. The van der Waals surface area contributed by atoms with E-state index in [9.17, 15) is 4.79 Å². The van der Waals surface area contributed by atoms with Crippen LogP contribution in [0, 0.1) is 10.2 Å². The first-order valence-electron chi connectivity index (χ1n) is 11.6. The van der Waals surface area contributed by atoms with Crippen molar-refractivity contribution >= 4 is 52.4 Å². The van der Waals surface area contributed by atoms with Crippen LogP contribution in [0.15, 0.2) is 131 Å². The van der Waals surface area contributed by atoms with Crippen molar-refractivity contribution in [3.05, 3.63) is 137 Å². The highest BCUT2D eigenvalue weighted by molar-refractivity contribution is 8.05. The molecule has 10 heteroatoms. The summed E-state index contributed by atoms with van der Waals surface area (Å²) in [7, 11) is -7.44. The van der Waals surface area contributed by atoms with E-state index in [2.05, 4.69) is 53.8 Å². The first-order chi connectivity index (χ1) is 18.6. The van der Waals surface area contributed by atoms with Crippen molar-refractivity contribution in [3.63, 3.8) is 0 Å². The van der Waals surface area contributed by atoms with Gasteiger partial charge in [-0.15, -0.1) is 22.0 Å². The van der Waals surface area contributed by atoms with E-state index in [1.807, 2.05) is 72.8 Å². The Morgan fingerprint density at radius 2 is 1.05 bits per heavy atom. The van der Waals surface area contributed by atoms with Crippen LogP contribution in [0.3, 0.4) is 0 Å². The Morgan fingerprint density at radius 3 is 1.38 bits per heavy atom. The fourth-order valence-corrected chi connectivity index (χ4v) is 10.00. The normalized spacial score (nSPS) is 12.1. The van der Waals surface area contributed by atoms with E-state index in [4.69, 9.17) is 30.2 Å². The van der Waals surface area contributed by atoms with E-state index in [1.165, 1.54) is 5.56 Å². The van der Waals surface area contributed by atoms with Crippen molar-refractivity contribution in [2.75, 3.05) is 0 Å². The van der Waals surface area contributed by atoms with Crippen LogP contribution in [0.1, 0.15) is 12.5 Å². The summed E-state index contributed by atoms with van der Waals surface area (Å²) in [4.78, 5) is 12.6. The summed E-state index contributed by atoms with van der Waals surface area (Å²) in [5.41, 5.74) is 1.95. The monoisotopic (exact) mass is 601 g/mol. The van der Waals surface area contributed by atoms with Crippen molar-refractivity contribution in [1.29, 1.82) is 0 Å². The molecule has 0 unspecified atom stereocenters. The summed E-state index contributed by atoms with van der Waals surface area (Å²) in [6, 6.07) is 41.4. The molecule has 0 radical (unpaired) electrons. The van der Waals surface area contributed by atoms with E-state index in [1.54, 1.807) is 18.7 Å². The molecule has 0 aliphatic carbocycles. The van der Waals surface area contributed by atoms with Gasteiger partial charge in [-0.1, -0.05) is 96.5 Å². The van der Waals surface area contributed by atoms with Gasteiger partial charge < -0.3 is 0 Å². The van der Waals surface area contributed by atoms with Crippen LogP contribution in [0.5, 0.6) is 0 Å². The van der Waals surface area contributed by atoms with Crippen molar-refractivity contribution < 1.29 is 33.7 Å². The smallest absolute Gasteiger partial charge is 0.223 e. The van der Waals surface area contributed by atoms with E-state index < -0.39 is 17.5 Å². The minimum Gasteiger partial charge on any atom is -0.295 e. The molecule has 0 aliphatic heterocycles. The number of thioether (sulfide) groups is 1. The van der Waals surface area contributed by atoms with Crippen LogP contribution in [-0.4, -0.2) is 5.91 Å². The first-order valence-corrected chi connectivity index (χ1v) is 16.0. The molecule has 4 aromatic carbocycles. The van der Waals surface area contributed by atoms with Crippen LogP contribution in [-0.2, 0) is 10.5 Å². The number of hydrogen-bond acceptors (Lipinski definition) is 6. The third-order valence-electron chi connectivity index (χ3n) is 5.45. The molecule has 1 N–H and O–H groups in total. The molecule has 0 saturated carbocycles. The molecule has 0 saturated heterocycles. The highest BCUT2D eigenvalue weighted by atomic mass is 35.7. The molecule has 1 amide bonds. The van der Waals surface area contributed by atoms with Gasteiger partial charge in [0.1, 0.15) is 20.3 Å². The molecule has 0 aliphatic rings. The maximum absolute atomic E-state index is 12.6. The molecule has 0 fully saturated rings. The number of hydrogen-bond donors (Lipinski definition) is 1. The molecule has 0 atom stereocenters. The van der Waals surface area contributed by atoms with E-state index in [0.29, 0.717) is 10.1 Å². The quantitative estimate of drug-likeness (QED) is 0.307. The lowest BCUT2D eigenvalue weighted by Crippen LogP contribution is -2.68. The van der Waals surface area contributed by atoms with Gasteiger partial charge in [0.2, 0.25) is 11.3 Å². The summed E-state index contributed by atoms with van der Waals surface area (Å²) >= 11 is 8.68. The summed E-state index contributed by atoms with van der Waals surface area (Å²) in [6.45, 7) is 1.54. The SMILES string of the molecule is CC(=O)N/C(=C(\Cl)SCc1ccccc1)[P+](c1ccccc1)(c1ccccc1)c1ccccc1.[O-][Cl+3]([O-])([O-])[O-]. The van der Waals surface area contributed by atoms with Crippen molar-refractivity contribution in [1.82, 2.24) is 5.32 Å². The van der Waals surface area contributed by atoms with Gasteiger partial charge in [0.05, 0.1) is 0 Å². The van der Waals surface area contributed by atoms with Gasteiger partial charge in [0.25, 0.3) is 0 Å².